The third kappa shape index (κ3) is 46.4. The van der Waals surface area contributed by atoms with E-state index in [-0.39, 0.29) is 10.2 Å². The van der Waals surface area contributed by atoms with Crippen molar-refractivity contribution in [3.05, 3.63) is 122 Å². The normalized spacial score (nSPS) is 12.8. The number of thioether (sulfide) groups is 2. The summed E-state index contributed by atoms with van der Waals surface area (Å²) in [6.45, 7) is 7.53. The van der Waals surface area contributed by atoms with Crippen LogP contribution in [0.4, 0.5) is 0 Å². The average molecular weight is 637 g/mol. The summed E-state index contributed by atoms with van der Waals surface area (Å²) in [7, 11) is 0. The molecule has 0 fully saturated rings. The lowest BCUT2D eigenvalue weighted by molar-refractivity contribution is -0.109. The molecule has 0 saturated heterocycles. The van der Waals surface area contributed by atoms with Gasteiger partial charge >= 0.3 is 0 Å². The summed E-state index contributed by atoms with van der Waals surface area (Å²) >= 11 is 2.75. The second-order valence-electron chi connectivity index (χ2n) is 9.69. The average Bonchev–Trinajstić information content (AvgIpc) is 3.00. The molecule has 0 bridgehead atoms. The highest BCUT2D eigenvalue weighted by Crippen LogP contribution is 2.04. The molecule has 0 rings (SSSR count). The van der Waals surface area contributed by atoms with Gasteiger partial charge in [-0.2, -0.15) is 0 Å². The highest BCUT2D eigenvalue weighted by molar-refractivity contribution is 8.13. The number of allylic oxidation sites excluding steroid dienone is 19. The molecule has 0 spiro atoms. The van der Waals surface area contributed by atoms with Crippen LogP contribution < -0.4 is 0 Å². The largest absolute Gasteiger partial charge is 0.288 e. The van der Waals surface area contributed by atoms with Gasteiger partial charge in [-0.3, -0.25) is 9.59 Å². The second kappa shape index (κ2) is 40.4. The third-order valence-corrected chi connectivity index (χ3v) is 7.13. The molecule has 0 aromatic heterocycles. The maximum Gasteiger partial charge on any atom is 0.186 e. The Labute approximate surface area is 280 Å². The van der Waals surface area contributed by atoms with E-state index in [1.165, 1.54) is 23.5 Å². The lowest BCUT2D eigenvalue weighted by Gasteiger charge is -1.90. The van der Waals surface area contributed by atoms with Gasteiger partial charge in [0.05, 0.1) is 0 Å². The predicted molar refractivity (Wildman–Crippen MR) is 204 cm³/mol. The van der Waals surface area contributed by atoms with Gasteiger partial charge in [-0.15, -0.1) is 0 Å². The first-order valence-corrected chi connectivity index (χ1v) is 18.3. The Morgan fingerprint density at radius 3 is 1.02 bits per heavy atom. The summed E-state index contributed by atoms with van der Waals surface area (Å²) in [5, 5.41) is 0.385. The summed E-state index contributed by atoms with van der Waals surface area (Å²) in [6.07, 6.45) is 56.2. The van der Waals surface area contributed by atoms with E-state index < -0.39 is 0 Å². The van der Waals surface area contributed by atoms with Crippen LogP contribution in [0, 0.1) is 0 Å². The first kappa shape index (κ1) is 43.6. The van der Waals surface area contributed by atoms with Crippen molar-refractivity contribution in [3.63, 3.8) is 0 Å². The van der Waals surface area contributed by atoms with Crippen LogP contribution in [0.1, 0.15) is 105 Å². The van der Waals surface area contributed by atoms with Gasteiger partial charge in [0.25, 0.3) is 0 Å². The molecule has 0 aromatic rings. The van der Waals surface area contributed by atoms with Crippen LogP contribution in [-0.4, -0.2) is 21.7 Å². The Bertz CT molecular complexity index is 956. The number of rotatable bonds is 24. The van der Waals surface area contributed by atoms with E-state index in [1.807, 2.05) is 0 Å². The second-order valence-corrected chi connectivity index (χ2v) is 12.2. The molecule has 0 aliphatic heterocycles. The van der Waals surface area contributed by atoms with Crippen LogP contribution in [0.5, 0.6) is 0 Å². The number of hydrogen-bond donors (Lipinski definition) is 0. The van der Waals surface area contributed by atoms with Crippen molar-refractivity contribution in [3.8, 4) is 0 Å². The molecule has 4 heteroatoms. The van der Waals surface area contributed by atoms with Crippen molar-refractivity contribution >= 4 is 33.8 Å². The minimum absolute atomic E-state index is 0.184. The molecule has 244 valence electrons. The fourth-order valence-corrected chi connectivity index (χ4v) is 4.29. The van der Waals surface area contributed by atoms with Gasteiger partial charge in [-0.1, -0.05) is 159 Å². The van der Waals surface area contributed by atoms with E-state index in [1.54, 1.807) is 13.8 Å². The van der Waals surface area contributed by atoms with Crippen LogP contribution in [0.15, 0.2) is 122 Å². The molecule has 0 aliphatic rings. The van der Waals surface area contributed by atoms with Crippen molar-refractivity contribution in [1.29, 1.82) is 0 Å². The smallest absolute Gasteiger partial charge is 0.186 e. The van der Waals surface area contributed by atoms with Gasteiger partial charge < -0.3 is 0 Å². The zero-order valence-electron chi connectivity index (χ0n) is 28.1. The van der Waals surface area contributed by atoms with E-state index in [4.69, 9.17) is 0 Å². The highest BCUT2D eigenvalue weighted by atomic mass is 32.2. The minimum atomic E-state index is 0.184. The number of carbonyl (C=O) groups is 2. The Morgan fingerprint density at radius 2 is 0.682 bits per heavy atom. The molecule has 0 unspecified atom stereocenters. The zero-order valence-corrected chi connectivity index (χ0v) is 29.7. The summed E-state index contributed by atoms with van der Waals surface area (Å²) < 4.78 is 0. The molecule has 0 heterocycles. The Balaban J connectivity index is 0. The Morgan fingerprint density at radius 1 is 0.386 bits per heavy atom. The van der Waals surface area contributed by atoms with Crippen molar-refractivity contribution in [2.24, 2.45) is 0 Å². The van der Waals surface area contributed by atoms with Gasteiger partial charge in [0.2, 0.25) is 0 Å². The highest BCUT2D eigenvalue weighted by Gasteiger charge is 1.90. The third-order valence-electron chi connectivity index (χ3n) is 5.52. The van der Waals surface area contributed by atoms with E-state index in [9.17, 15) is 9.59 Å². The van der Waals surface area contributed by atoms with Gasteiger partial charge in [0.1, 0.15) is 0 Å². The van der Waals surface area contributed by atoms with Crippen molar-refractivity contribution in [2.75, 3.05) is 11.5 Å². The summed E-state index contributed by atoms with van der Waals surface area (Å²) in [5.41, 5.74) is 0. The van der Waals surface area contributed by atoms with E-state index in [0.717, 1.165) is 88.6 Å². The van der Waals surface area contributed by atoms with Crippen molar-refractivity contribution in [2.45, 2.75) is 105 Å². The van der Waals surface area contributed by atoms with Crippen LogP contribution in [-0.2, 0) is 9.59 Å². The molecule has 0 aliphatic carbocycles. The van der Waals surface area contributed by atoms with Crippen LogP contribution in [0.25, 0.3) is 0 Å². The molecule has 2 nitrogen and oxygen atoms in total. The van der Waals surface area contributed by atoms with Crippen molar-refractivity contribution < 1.29 is 9.59 Å². The van der Waals surface area contributed by atoms with E-state index >= 15 is 0 Å². The van der Waals surface area contributed by atoms with Crippen molar-refractivity contribution in [1.82, 2.24) is 0 Å². The maximum absolute atomic E-state index is 10.7. The van der Waals surface area contributed by atoms with Gasteiger partial charge in [0.15, 0.2) is 10.2 Å². The molecular formula is C40H60O2S2. The fraction of sp³-hybridized carbons (Fsp3) is 0.450. The quantitative estimate of drug-likeness (QED) is 0.0780. The van der Waals surface area contributed by atoms with Gasteiger partial charge in [-0.05, 0) is 77.0 Å². The monoisotopic (exact) mass is 636 g/mol. The summed E-state index contributed by atoms with van der Waals surface area (Å²) in [5.74, 6) is 1.68. The minimum Gasteiger partial charge on any atom is -0.288 e. The van der Waals surface area contributed by atoms with Crippen LogP contribution >= 0.6 is 23.5 Å². The lowest BCUT2D eigenvalue weighted by atomic mass is 10.2. The summed E-state index contributed by atoms with van der Waals surface area (Å²) in [6, 6.07) is 0. The molecular weight excluding hydrogens is 577 g/mol. The molecule has 0 amide bonds. The first-order chi connectivity index (χ1) is 21.5. The first-order valence-electron chi connectivity index (χ1n) is 16.3. The SMILES string of the molecule is CC/C=C\C/C=C\C/C=C\C/C=C\C/C=C\CCSC(C)=O.CC/C=C\C/C=C\C/C=C\C/C=C\CC/C=C/CSC(C)=O. The predicted octanol–water partition coefficient (Wildman–Crippen LogP) is 12.8. The number of unbranched alkanes of at least 4 members (excludes halogenated alkanes) is 1. The fourth-order valence-electron chi connectivity index (χ4n) is 3.28. The number of hydrogen-bond acceptors (Lipinski definition) is 4. The lowest BCUT2D eigenvalue weighted by Crippen LogP contribution is -1.83. The van der Waals surface area contributed by atoms with Crippen LogP contribution in [0.2, 0.25) is 0 Å². The van der Waals surface area contributed by atoms with Gasteiger partial charge in [0, 0.05) is 25.4 Å². The number of carbonyl (C=O) groups excluding carboxylic acids is 2. The molecule has 0 saturated carbocycles. The van der Waals surface area contributed by atoms with E-state index in [2.05, 4.69) is 135 Å². The summed E-state index contributed by atoms with van der Waals surface area (Å²) in [4.78, 5) is 21.4. The molecule has 0 aromatic carbocycles. The molecule has 44 heavy (non-hydrogen) atoms. The standard InChI is InChI=1S/2C20H30OS/c2*1-3-4-5-6-7-8-9-10-11-12-13-14-15-16-17-18-19-22-20(2)21/h4-5,7-8,10-11,13-14,17-18H,3,6,9,12,15-16,19H2,1-2H3;4-5,7-8,10-11,13-14,16-17H,3,6,9,12,15,18-19H2,1-2H3/b5-4-,8-7-,11-10-,14-13-,18-17+;5-4-,8-7-,11-10-,14-13-,17-16-. The Kier molecular flexibility index (Phi) is 40.0. The molecule has 0 N–H and O–H groups in total. The molecule has 0 radical (unpaired) electrons. The Hall–Kier alpha value is -2.56. The zero-order chi connectivity index (χ0) is 32.6. The van der Waals surface area contributed by atoms with Crippen LogP contribution in [0.3, 0.4) is 0 Å². The van der Waals surface area contributed by atoms with Gasteiger partial charge in [-0.25, -0.2) is 0 Å². The maximum atomic E-state index is 10.7. The topological polar surface area (TPSA) is 34.1 Å². The molecule has 0 atom stereocenters. The van der Waals surface area contributed by atoms with E-state index in [0.29, 0.717) is 0 Å².